The van der Waals surface area contributed by atoms with Gasteiger partial charge in [-0.15, -0.1) is 0 Å². The van der Waals surface area contributed by atoms with E-state index < -0.39 is 0 Å². The van der Waals surface area contributed by atoms with Gasteiger partial charge in [0, 0.05) is 6.04 Å². The van der Waals surface area contributed by atoms with Crippen LogP contribution in [0.15, 0.2) is 48.5 Å². The van der Waals surface area contributed by atoms with Gasteiger partial charge in [0.05, 0.1) is 5.54 Å². The molecule has 1 saturated heterocycles. The first kappa shape index (κ1) is 11.4. The Labute approximate surface area is 104 Å². The molecule has 0 aromatic heterocycles. The molecule has 0 saturated carbocycles. The Morgan fingerprint density at radius 1 is 0.833 bits per heavy atom. The summed E-state index contributed by atoms with van der Waals surface area (Å²) in [5.74, 6) is -0.498. The number of nitrogens with one attached hydrogen (secondary N) is 1. The summed E-state index contributed by atoms with van der Waals surface area (Å²) >= 11 is 0. The zero-order chi connectivity index (χ0) is 12.8. The van der Waals surface area contributed by atoms with Crippen LogP contribution in [0.25, 0.3) is 0 Å². The maximum atomic E-state index is 13.0. The summed E-state index contributed by atoms with van der Waals surface area (Å²) < 4.78 is 26.0. The van der Waals surface area contributed by atoms with Crippen molar-refractivity contribution in [3.8, 4) is 0 Å². The van der Waals surface area contributed by atoms with Gasteiger partial charge in [0.2, 0.25) is 0 Å². The van der Waals surface area contributed by atoms with E-state index in [4.69, 9.17) is 0 Å². The minimum absolute atomic E-state index is 0.249. The van der Waals surface area contributed by atoms with Gasteiger partial charge >= 0.3 is 0 Å². The Balaban J connectivity index is 2.06. The van der Waals surface area contributed by atoms with Crippen molar-refractivity contribution in [2.75, 3.05) is 0 Å². The Kier molecular flexibility index (Phi) is 2.45. The first-order chi connectivity index (χ1) is 8.63. The second kappa shape index (κ2) is 3.89. The molecule has 0 unspecified atom stereocenters. The lowest BCUT2D eigenvalue weighted by atomic mass is 9.88. The van der Waals surface area contributed by atoms with Gasteiger partial charge in [-0.3, -0.25) is 5.32 Å². The van der Waals surface area contributed by atoms with Crippen LogP contribution >= 0.6 is 0 Å². The van der Waals surface area contributed by atoms with Crippen molar-refractivity contribution in [3.63, 3.8) is 0 Å². The van der Waals surface area contributed by atoms with E-state index in [9.17, 15) is 8.78 Å². The maximum absolute atomic E-state index is 13.0. The minimum atomic E-state index is -0.304. The van der Waals surface area contributed by atoms with E-state index >= 15 is 0 Å². The monoisotopic (exact) mass is 245 g/mol. The van der Waals surface area contributed by atoms with Crippen LogP contribution in [0.3, 0.4) is 0 Å². The van der Waals surface area contributed by atoms with Crippen molar-refractivity contribution in [2.45, 2.75) is 18.5 Å². The highest BCUT2D eigenvalue weighted by atomic mass is 19.1. The van der Waals surface area contributed by atoms with Crippen molar-refractivity contribution >= 4 is 0 Å². The van der Waals surface area contributed by atoms with Crippen LogP contribution in [0.4, 0.5) is 8.78 Å². The van der Waals surface area contributed by atoms with E-state index in [1.807, 2.05) is 0 Å². The molecular weight excluding hydrogens is 232 g/mol. The average molecular weight is 245 g/mol. The van der Waals surface area contributed by atoms with E-state index in [-0.39, 0.29) is 23.2 Å². The summed E-state index contributed by atoms with van der Waals surface area (Å²) in [5, 5.41) is 3.37. The van der Waals surface area contributed by atoms with E-state index in [2.05, 4.69) is 12.2 Å². The maximum Gasteiger partial charge on any atom is 0.123 e. The van der Waals surface area contributed by atoms with Crippen LogP contribution in [-0.2, 0) is 5.54 Å². The zero-order valence-electron chi connectivity index (χ0n) is 9.95. The van der Waals surface area contributed by atoms with Gasteiger partial charge in [-0.25, -0.2) is 8.78 Å². The normalized spacial score (nSPS) is 20.7. The summed E-state index contributed by atoms with van der Waals surface area (Å²) in [4.78, 5) is 0. The molecule has 1 nitrogen and oxygen atoms in total. The molecule has 1 atom stereocenters. The number of hydrogen-bond acceptors (Lipinski definition) is 1. The highest BCUT2D eigenvalue weighted by Crippen LogP contribution is 2.43. The van der Waals surface area contributed by atoms with Gasteiger partial charge in [0.25, 0.3) is 0 Å². The van der Waals surface area contributed by atoms with Crippen molar-refractivity contribution in [1.82, 2.24) is 5.32 Å². The van der Waals surface area contributed by atoms with Crippen LogP contribution in [0.1, 0.15) is 18.1 Å². The molecule has 0 bridgehead atoms. The van der Waals surface area contributed by atoms with E-state index in [0.29, 0.717) is 0 Å². The third-order valence-electron chi connectivity index (χ3n) is 3.61. The van der Waals surface area contributed by atoms with Gasteiger partial charge in [0.1, 0.15) is 11.6 Å². The number of halogens is 2. The molecule has 3 heteroatoms. The van der Waals surface area contributed by atoms with Crippen molar-refractivity contribution in [1.29, 1.82) is 0 Å². The molecule has 1 fully saturated rings. The molecule has 3 rings (SSSR count). The van der Waals surface area contributed by atoms with Gasteiger partial charge in [-0.1, -0.05) is 24.3 Å². The molecule has 0 spiro atoms. The molecule has 1 N–H and O–H groups in total. The van der Waals surface area contributed by atoms with Crippen LogP contribution < -0.4 is 5.32 Å². The number of hydrogen-bond donors (Lipinski definition) is 1. The van der Waals surface area contributed by atoms with Gasteiger partial charge in [-0.2, -0.15) is 0 Å². The van der Waals surface area contributed by atoms with Gasteiger partial charge in [-0.05, 0) is 42.3 Å². The molecule has 0 aliphatic carbocycles. The van der Waals surface area contributed by atoms with Crippen molar-refractivity contribution < 1.29 is 8.78 Å². The molecule has 2 aromatic rings. The molecule has 0 radical (unpaired) electrons. The fraction of sp³-hybridized carbons (Fsp3) is 0.200. The second-order valence-electron chi connectivity index (χ2n) is 4.69. The molecule has 2 aromatic carbocycles. The molecule has 0 amide bonds. The smallest absolute Gasteiger partial charge is 0.123 e. The quantitative estimate of drug-likeness (QED) is 0.806. The summed E-state index contributed by atoms with van der Waals surface area (Å²) in [6, 6.07) is 13.2. The summed E-state index contributed by atoms with van der Waals surface area (Å²) in [6.45, 7) is 2.06. The third-order valence-corrected chi connectivity index (χ3v) is 3.61. The van der Waals surface area contributed by atoms with Crippen molar-refractivity contribution in [3.05, 3.63) is 71.3 Å². The van der Waals surface area contributed by atoms with E-state index in [1.165, 1.54) is 24.3 Å². The number of rotatable bonds is 2. The topological polar surface area (TPSA) is 21.9 Å². The highest BCUT2D eigenvalue weighted by molar-refractivity contribution is 5.47. The molecule has 92 valence electrons. The van der Waals surface area contributed by atoms with Crippen molar-refractivity contribution in [2.24, 2.45) is 0 Å². The van der Waals surface area contributed by atoms with Crippen LogP contribution in [0, 0.1) is 11.6 Å². The average Bonchev–Trinajstić information content (AvgIpc) is 3.04. The SMILES string of the molecule is C[C@@H]1NC1(c1ccc(F)cc1)c1ccc(F)cc1. The zero-order valence-corrected chi connectivity index (χ0v) is 9.95. The molecule has 1 heterocycles. The summed E-state index contributed by atoms with van der Waals surface area (Å²) in [6.07, 6.45) is 0. The van der Waals surface area contributed by atoms with Gasteiger partial charge in [0.15, 0.2) is 0 Å². The lowest BCUT2D eigenvalue weighted by Crippen LogP contribution is -2.16. The number of benzene rings is 2. The fourth-order valence-electron chi connectivity index (χ4n) is 2.56. The van der Waals surface area contributed by atoms with Gasteiger partial charge < -0.3 is 0 Å². The first-order valence-electron chi connectivity index (χ1n) is 5.93. The van der Waals surface area contributed by atoms with Crippen LogP contribution in [0.5, 0.6) is 0 Å². The highest BCUT2D eigenvalue weighted by Gasteiger charge is 2.53. The van der Waals surface area contributed by atoms with E-state index in [0.717, 1.165) is 11.1 Å². The fourth-order valence-corrected chi connectivity index (χ4v) is 2.56. The third kappa shape index (κ3) is 1.63. The van der Waals surface area contributed by atoms with E-state index in [1.54, 1.807) is 24.3 Å². The Hall–Kier alpha value is -1.74. The molecule has 18 heavy (non-hydrogen) atoms. The Morgan fingerprint density at radius 3 is 1.44 bits per heavy atom. The largest absolute Gasteiger partial charge is 0.297 e. The minimum Gasteiger partial charge on any atom is -0.297 e. The summed E-state index contributed by atoms with van der Waals surface area (Å²) in [5.41, 5.74) is 1.70. The predicted octanol–water partition coefficient (Wildman–Crippen LogP) is 3.20. The Bertz CT molecular complexity index is 515. The Morgan fingerprint density at radius 2 is 1.17 bits per heavy atom. The first-order valence-corrected chi connectivity index (χ1v) is 5.93. The second-order valence-corrected chi connectivity index (χ2v) is 4.69. The molecular formula is C15H13F2N. The standard InChI is InChI=1S/C15H13F2N/c1-10-15(18-10,11-2-6-13(16)7-3-11)12-4-8-14(17)9-5-12/h2-10,18H,1H3/t10-/m0/s1. The molecule has 1 aliphatic heterocycles. The van der Waals surface area contributed by atoms with Crippen LogP contribution in [0.2, 0.25) is 0 Å². The summed E-state index contributed by atoms with van der Waals surface area (Å²) in [7, 11) is 0. The lowest BCUT2D eigenvalue weighted by molar-refractivity contribution is 0.623. The lowest BCUT2D eigenvalue weighted by Gasteiger charge is -2.16. The predicted molar refractivity (Wildman–Crippen MR) is 66.2 cm³/mol. The van der Waals surface area contributed by atoms with Crippen LogP contribution in [-0.4, -0.2) is 6.04 Å². The molecule has 1 aliphatic rings.